The van der Waals surface area contributed by atoms with Gasteiger partial charge in [-0.1, -0.05) is 25.0 Å². The Balaban J connectivity index is 1.59. The van der Waals surface area contributed by atoms with Crippen LogP contribution in [0.15, 0.2) is 35.2 Å². The number of ether oxygens (including phenoxy) is 1. The zero-order valence-electron chi connectivity index (χ0n) is 13.9. The van der Waals surface area contributed by atoms with Crippen LogP contribution in [0.3, 0.4) is 0 Å². The molecule has 1 amide bonds. The van der Waals surface area contributed by atoms with Crippen molar-refractivity contribution in [3.8, 4) is 11.3 Å². The maximum absolute atomic E-state index is 13.1. The topological polar surface area (TPSA) is 42.4 Å². The van der Waals surface area contributed by atoms with E-state index < -0.39 is 0 Å². The highest BCUT2D eigenvalue weighted by atomic mass is 32.1. The van der Waals surface area contributed by atoms with Gasteiger partial charge in [0.15, 0.2) is 0 Å². The van der Waals surface area contributed by atoms with E-state index >= 15 is 0 Å². The lowest BCUT2D eigenvalue weighted by molar-refractivity contribution is -0.115. The van der Waals surface area contributed by atoms with Crippen LogP contribution in [0.4, 0.5) is 0 Å². The number of carbonyl (C=O) groups is 1. The van der Waals surface area contributed by atoms with Crippen molar-refractivity contribution in [3.63, 3.8) is 0 Å². The molecule has 1 spiro atoms. The minimum Gasteiger partial charge on any atom is -0.371 e. The van der Waals surface area contributed by atoms with Crippen LogP contribution >= 0.6 is 11.3 Å². The quantitative estimate of drug-likeness (QED) is 0.829. The molecule has 0 radical (unpaired) electrons. The number of thiazole rings is 1. The zero-order valence-corrected chi connectivity index (χ0v) is 14.7. The highest BCUT2D eigenvalue weighted by molar-refractivity contribution is 7.07. The largest absolute Gasteiger partial charge is 0.371 e. The molecule has 1 aliphatic carbocycles. The summed E-state index contributed by atoms with van der Waals surface area (Å²) in [4.78, 5) is 19.5. The van der Waals surface area contributed by atoms with Crippen molar-refractivity contribution in [3.05, 3.63) is 40.7 Å². The number of carbonyl (C=O) groups excluding carboxylic acids is 1. The smallest absolute Gasteiger partial charge is 0.254 e. The van der Waals surface area contributed by atoms with E-state index in [1.54, 1.807) is 11.3 Å². The van der Waals surface area contributed by atoms with Crippen LogP contribution in [-0.2, 0) is 4.74 Å². The molecule has 126 valence electrons. The van der Waals surface area contributed by atoms with Crippen molar-refractivity contribution < 1.29 is 9.53 Å². The fourth-order valence-electron chi connectivity index (χ4n) is 3.83. The Morgan fingerprint density at radius 1 is 1.38 bits per heavy atom. The summed E-state index contributed by atoms with van der Waals surface area (Å²) in [7, 11) is 0. The molecule has 2 heterocycles. The molecule has 2 aromatic rings. The van der Waals surface area contributed by atoms with Crippen molar-refractivity contribution in [1.82, 2.24) is 9.88 Å². The van der Waals surface area contributed by atoms with Crippen LogP contribution in [0, 0.1) is 0 Å². The second-order valence-corrected chi connectivity index (χ2v) is 7.66. The summed E-state index contributed by atoms with van der Waals surface area (Å²) in [5, 5.41) is 2.01. The summed E-state index contributed by atoms with van der Waals surface area (Å²) in [6, 6.07) is 7.93. The van der Waals surface area contributed by atoms with Gasteiger partial charge in [-0.05, 0) is 31.9 Å². The third-order valence-electron chi connectivity index (χ3n) is 5.23. The second-order valence-electron chi connectivity index (χ2n) is 6.94. The van der Waals surface area contributed by atoms with E-state index in [1.807, 2.05) is 40.1 Å². The van der Waals surface area contributed by atoms with E-state index in [2.05, 4.69) is 11.9 Å². The number of aromatic nitrogens is 1. The van der Waals surface area contributed by atoms with Gasteiger partial charge in [-0.3, -0.25) is 4.79 Å². The predicted molar refractivity (Wildman–Crippen MR) is 95.2 cm³/mol. The van der Waals surface area contributed by atoms with Gasteiger partial charge >= 0.3 is 0 Å². The molecule has 24 heavy (non-hydrogen) atoms. The number of rotatable bonds is 2. The van der Waals surface area contributed by atoms with Crippen molar-refractivity contribution in [2.24, 2.45) is 0 Å². The van der Waals surface area contributed by atoms with Gasteiger partial charge in [-0.2, -0.15) is 0 Å². The number of morpholine rings is 1. The number of hydrogen-bond acceptors (Lipinski definition) is 4. The van der Waals surface area contributed by atoms with Crippen molar-refractivity contribution in [2.45, 2.75) is 44.2 Å². The Kier molecular flexibility index (Phi) is 4.14. The predicted octanol–water partition coefficient (Wildman–Crippen LogP) is 3.98. The van der Waals surface area contributed by atoms with E-state index in [9.17, 15) is 4.79 Å². The summed E-state index contributed by atoms with van der Waals surface area (Å²) < 4.78 is 6.14. The summed E-state index contributed by atoms with van der Waals surface area (Å²) in [5.41, 5.74) is 4.38. The van der Waals surface area contributed by atoms with Crippen LogP contribution in [0.5, 0.6) is 0 Å². The molecule has 4 rings (SSSR count). The van der Waals surface area contributed by atoms with Gasteiger partial charge in [0.2, 0.25) is 0 Å². The molecular weight excluding hydrogens is 320 g/mol. The van der Waals surface area contributed by atoms with Crippen molar-refractivity contribution in [1.29, 1.82) is 0 Å². The first-order valence-electron chi connectivity index (χ1n) is 8.60. The summed E-state index contributed by atoms with van der Waals surface area (Å²) in [6.07, 6.45) is 4.55. The summed E-state index contributed by atoms with van der Waals surface area (Å²) >= 11 is 1.57. The van der Waals surface area contributed by atoms with Gasteiger partial charge in [0.1, 0.15) is 0 Å². The molecule has 0 N–H and O–H groups in total. The SMILES string of the molecule is CC1COC2(CCCC2)CN1C(=O)c1cccc(-c2cscn2)c1. The molecule has 1 unspecified atom stereocenters. The average Bonchev–Trinajstić information content (AvgIpc) is 3.29. The van der Waals surface area contributed by atoms with E-state index in [0.717, 1.165) is 29.7 Å². The fourth-order valence-corrected chi connectivity index (χ4v) is 4.39. The van der Waals surface area contributed by atoms with Crippen LogP contribution < -0.4 is 0 Å². The van der Waals surface area contributed by atoms with Gasteiger partial charge in [-0.15, -0.1) is 11.3 Å². The summed E-state index contributed by atoms with van der Waals surface area (Å²) in [6.45, 7) is 3.43. The number of benzene rings is 1. The molecule has 1 saturated heterocycles. The maximum atomic E-state index is 13.1. The molecular formula is C19H22N2O2S. The molecule has 2 fully saturated rings. The minimum absolute atomic E-state index is 0.102. The first-order valence-corrected chi connectivity index (χ1v) is 9.55. The lowest BCUT2D eigenvalue weighted by Crippen LogP contribution is -2.56. The second kappa shape index (κ2) is 6.30. The van der Waals surface area contributed by atoms with Crippen LogP contribution in [0.1, 0.15) is 43.0 Å². The maximum Gasteiger partial charge on any atom is 0.254 e. The number of hydrogen-bond donors (Lipinski definition) is 0. The Morgan fingerprint density at radius 3 is 2.96 bits per heavy atom. The number of nitrogens with zero attached hydrogens (tertiary/aromatic N) is 2. The third kappa shape index (κ3) is 2.87. The first kappa shape index (κ1) is 15.8. The molecule has 1 saturated carbocycles. The lowest BCUT2D eigenvalue weighted by Gasteiger charge is -2.44. The van der Waals surface area contributed by atoms with Crippen molar-refractivity contribution >= 4 is 17.2 Å². The molecule has 0 bridgehead atoms. The first-order chi connectivity index (χ1) is 11.7. The van der Waals surface area contributed by atoms with Crippen LogP contribution in [0.25, 0.3) is 11.3 Å². The normalized spacial score (nSPS) is 22.9. The Morgan fingerprint density at radius 2 is 2.21 bits per heavy atom. The lowest BCUT2D eigenvalue weighted by atomic mass is 9.97. The zero-order chi connectivity index (χ0) is 16.6. The molecule has 1 aromatic heterocycles. The summed E-state index contributed by atoms with van der Waals surface area (Å²) in [5.74, 6) is 0.106. The van der Waals surface area contributed by atoms with Gasteiger partial charge < -0.3 is 9.64 Å². The van der Waals surface area contributed by atoms with E-state index in [4.69, 9.17) is 4.74 Å². The van der Waals surface area contributed by atoms with Crippen LogP contribution in [0.2, 0.25) is 0 Å². The third-order valence-corrected chi connectivity index (χ3v) is 5.82. The fraction of sp³-hybridized carbons (Fsp3) is 0.474. The standard InChI is InChI=1S/C19H22N2O2S/c1-14-10-23-19(7-2-3-8-19)12-21(14)18(22)16-6-4-5-15(9-16)17-11-24-13-20-17/h4-6,9,11,13-14H,2-3,7-8,10,12H2,1H3. The van der Waals surface area contributed by atoms with Gasteiger partial charge in [0.05, 0.1) is 36.0 Å². The Hall–Kier alpha value is -1.72. The molecule has 2 aliphatic rings. The Bertz CT molecular complexity index is 723. The molecule has 1 aliphatic heterocycles. The monoisotopic (exact) mass is 342 g/mol. The molecule has 1 aromatic carbocycles. The highest BCUT2D eigenvalue weighted by Crippen LogP contribution is 2.37. The van der Waals surface area contributed by atoms with E-state index in [-0.39, 0.29) is 17.6 Å². The number of amides is 1. The Labute approximate surface area is 146 Å². The molecule has 1 atom stereocenters. The van der Waals surface area contributed by atoms with Gasteiger partial charge in [-0.25, -0.2) is 4.98 Å². The molecule has 5 heteroatoms. The van der Waals surface area contributed by atoms with Gasteiger partial charge in [0.25, 0.3) is 5.91 Å². The van der Waals surface area contributed by atoms with E-state index in [0.29, 0.717) is 13.2 Å². The highest BCUT2D eigenvalue weighted by Gasteiger charge is 2.43. The molecule has 4 nitrogen and oxygen atoms in total. The van der Waals surface area contributed by atoms with Gasteiger partial charge in [0, 0.05) is 16.5 Å². The minimum atomic E-state index is -0.102. The van der Waals surface area contributed by atoms with Crippen molar-refractivity contribution in [2.75, 3.05) is 13.2 Å². The van der Waals surface area contributed by atoms with Crippen LogP contribution in [-0.4, -0.2) is 40.6 Å². The average molecular weight is 342 g/mol. The van der Waals surface area contributed by atoms with E-state index in [1.165, 1.54) is 12.8 Å².